The first-order valence-corrected chi connectivity index (χ1v) is 5.41. The molecular formula is C14H13NO2. The summed E-state index contributed by atoms with van der Waals surface area (Å²) in [6.07, 6.45) is 0. The number of fused-ring (bicyclic) bond motifs is 1. The van der Waals surface area contributed by atoms with Gasteiger partial charge < -0.3 is 10.2 Å². The lowest BCUT2D eigenvalue weighted by atomic mass is 10.1. The van der Waals surface area contributed by atoms with E-state index in [1.165, 1.54) is 6.07 Å². The smallest absolute Gasteiger partial charge is 0.190 e. The van der Waals surface area contributed by atoms with E-state index in [-0.39, 0.29) is 17.2 Å². The molecule has 3 nitrogen and oxygen atoms in total. The first kappa shape index (κ1) is 11.3. The normalized spacial score (nSPS) is 10.3. The van der Waals surface area contributed by atoms with Crippen LogP contribution in [0.5, 0.6) is 0 Å². The van der Waals surface area contributed by atoms with Crippen LogP contribution in [-0.4, -0.2) is 0 Å². The summed E-state index contributed by atoms with van der Waals surface area (Å²) < 4.78 is 5.30. The monoisotopic (exact) mass is 227 g/mol. The first-order chi connectivity index (χ1) is 8.06. The molecule has 0 saturated heterocycles. The fourth-order valence-electron chi connectivity index (χ4n) is 1.48. The summed E-state index contributed by atoms with van der Waals surface area (Å²) in [4.78, 5) is 11.8. The molecular weight excluding hydrogens is 214 g/mol. The standard InChI is InChI=1S/C14H13NO2/c1-9(2)3-4-10-7-12(16)11-5-6-14(15)17-13(11)8-10/h5-9H,15H2,1-2H3. The van der Waals surface area contributed by atoms with Gasteiger partial charge in [-0.2, -0.15) is 0 Å². The van der Waals surface area contributed by atoms with Gasteiger partial charge >= 0.3 is 0 Å². The van der Waals surface area contributed by atoms with Gasteiger partial charge in [0.05, 0.1) is 5.56 Å². The van der Waals surface area contributed by atoms with Crippen molar-refractivity contribution in [2.45, 2.75) is 13.8 Å². The van der Waals surface area contributed by atoms with Gasteiger partial charge in [0.25, 0.3) is 0 Å². The average molecular weight is 227 g/mol. The van der Waals surface area contributed by atoms with E-state index in [1.807, 2.05) is 13.8 Å². The maximum Gasteiger partial charge on any atom is 0.190 e. The highest BCUT2D eigenvalue weighted by molar-refractivity contribution is 5.63. The van der Waals surface area contributed by atoms with Crippen LogP contribution in [-0.2, 0) is 0 Å². The zero-order valence-corrected chi connectivity index (χ0v) is 9.78. The number of hydrogen-bond acceptors (Lipinski definition) is 3. The van der Waals surface area contributed by atoms with Gasteiger partial charge in [0.2, 0.25) is 0 Å². The fraction of sp³-hybridized carbons (Fsp3) is 0.214. The zero-order valence-electron chi connectivity index (χ0n) is 9.78. The van der Waals surface area contributed by atoms with Gasteiger partial charge in [0.15, 0.2) is 11.3 Å². The van der Waals surface area contributed by atoms with Gasteiger partial charge in [-0.05, 0) is 18.2 Å². The second-order valence-electron chi connectivity index (χ2n) is 4.15. The number of anilines is 1. The predicted octanol–water partition coefficient (Wildman–Crippen LogP) is 2.33. The average Bonchev–Trinajstić information content (AvgIpc) is 2.25. The Kier molecular flexibility index (Phi) is 2.88. The van der Waals surface area contributed by atoms with Crippen LogP contribution in [0.3, 0.4) is 0 Å². The van der Waals surface area contributed by atoms with Gasteiger partial charge in [-0.25, -0.2) is 0 Å². The molecule has 0 bridgehead atoms. The van der Waals surface area contributed by atoms with Gasteiger partial charge in [0, 0.05) is 17.5 Å². The molecule has 0 unspecified atom stereocenters. The predicted molar refractivity (Wildman–Crippen MR) is 67.7 cm³/mol. The van der Waals surface area contributed by atoms with E-state index in [0.29, 0.717) is 16.9 Å². The van der Waals surface area contributed by atoms with E-state index in [2.05, 4.69) is 11.8 Å². The third-order valence-corrected chi connectivity index (χ3v) is 2.25. The van der Waals surface area contributed by atoms with Crippen molar-refractivity contribution in [3.63, 3.8) is 0 Å². The van der Waals surface area contributed by atoms with E-state index in [9.17, 15) is 4.79 Å². The van der Waals surface area contributed by atoms with Gasteiger partial charge in [-0.1, -0.05) is 25.7 Å². The summed E-state index contributed by atoms with van der Waals surface area (Å²) >= 11 is 0. The molecule has 2 rings (SSSR count). The highest BCUT2D eigenvalue weighted by Crippen LogP contribution is 2.21. The summed E-state index contributed by atoms with van der Waals surface area (Å²) in [6, 6.07) is 6.49. The largest absolute Gasteiger partial charge is 0.441 e. The number of nitrogen functional groups attached to an aromatic ring is 1. The second-order valence-corrected chi connectivity index (χ2v) is 4.15. The molecule has 17 heavy (non-hydrogen) atoms. The van der Waals surface area contributed by atoms with E-state index < -0.39 is 0 Å². The van der Waals surface area contributed by atoms with Crippen LogP contribution in [0, 0.1) is 17.8 Å². The van der Waals surface area contributed by atoms with Crippen LogP contribution in [0.25, 0.3) is 11.3 Å². The molecule has 0 atom stereocenters. The van der Waals surface area contributed by atoms with Gasteiger partial charge in [-0.15, -0.1) is 0 Å². The van der Waals surface area contributed by atoms with Crippen molar-refractivity contribution in [1.82, 2.24) is 0 Å². The zero-order chi connectivity index (χ0) is 12.4. The Hall–Kier alpha value is -2.21. The quantitative estimate of drug-likeness (QED) is 0.703. The van der Waals surface area contributed by atoms with Gasteiger partial charge in [0.1, 0.15) is 5.76 Å². The molecule has 0 saturated carbocycles. The van der Waals surface area contributed by atoms with E-state index in [1.54, 1.807) is 18.2 Å². The molecule has 0 aromatic carbocycles. The Labute approximate surface area is 99.6 Å². The summed E-state index contributed by atoms with van der Waals surface area (Å²) in [5, 5.41) is 0. The molecule has 2 aliphatic rings. The molecule has 1 aliphatic heterocycles. The maximum absolute atomic E-state index is 11.8. The summed E-state index contributed by atoms with van der Waals surface area (Å²) in [7, 11) is 0. The van der Waals surface area contributed by atoms with Crippen molar-refractivity contribution in [2.75, 3.05) is 5.73 Å². The van der Waals surface area contributed by atoms with Crippen molar-refractivity contribution >= 4 is 5.88 Å². The highest BCUT2D eigenvalue weighted by atomic mass is 16.3. The Bertz CT molecular complexity index is 629. The number of rotatable bonds is 0. The third kappa shape index (κ3) is 2.48. The molecule has 1 aliphatic carbocycles. The number of benzene rings is 1. The van der Waals surface area contributed by atoms with Crippen molar-refractivity contribution in [2.24, 2.45) is 5.92 Å². The Morgan fingerprint density at radius 2 is 2.06 bits per heavy atom. The molecule has 0 aromatic heterocycles. The molecule has 1 heterocycles. The van der Waals surface area contributed by atoms with Crippen molar-refractivity contribution < 1.29 is 4.42 Å². The number of hydrogen-bond donors (Lipinski definition) is 1. The molecule has 2 N–H and O–H groups in total. The lowest BCUT2D eigenvalue weighted by Crippen LogP contribution is -2.05. The molecule has 0 fully saturated rings. The number of nitrogens with two attached hydrogens (primary N) is 1. The van der Waals surface area contributed by atoms with Crippen LogP contribution in [0.15, 0.2) is 33.5 Å². The van der Waals surface area contributed by atoms with Crippen molar-refractivity contribution in [3.8, 4) is 23.2 Å². The minimum atomic E-state index is -0.0979. The van der Waals surface area contributed by atoms with Gasteiger partial charge in [-0.3, -0.25) is 4.79 Å². The topological polar surface area (TPSA) is 56.2 Å². The molecule has 0 spiro atoms. The fourth-order valence-corrected chi connectivity index (χ4v) is 1.48. The lowest BCUT2D eigenvalue weighted by molar-refractivity contribution is 0.586. The molecule has 0 aromatic rings. The molecule has 3 heteroatoms. The Morgan fingerprint density at radius 3 is 2.76 bits per heavy atom. The molecule has 0 amide bonds. The Morgan fingerprint density at radius 1 is 1.29 bits per heavy atom. The van der Waals surface area contributed by atoms with Crippen LogP contribution in [0.1, 0.15) is 19.4 Å². The van der Waals surface area contributed by atoms with Crippen LogP contribution < -0.4 is 11.2 Å². The summed E-state index contributed by atoms with van der Waals surface area (Å²) in [6.45, 7) is 3.99. The SMILES string of the molecule is CC(C)C#Cc1cc2oc(N)ccc-2c(=O)c1. The van der Waals surface area contributed by atoms with E-state index in [4.69, 9.17) is 10.2 Å². The van der Waals surface area contributed by atoms with E-state index in [0.717, 1.165) is 0 Å². The van der Waals surface area contributed by atoms with E-state index >= 15 is 0 Å². The lowest BCUT2D eigenvalue weighted by Gasteiger charge is -2.04. The van der Waals surface area contributed by atoms with Crippen LogP contribution in [0.4, 0.5) is 5.88 Å². The molecule has 0 radical (unpaired) electrons. The minimum Gasteiger partial charge on any atom is -0.441 e. The maximum atomic E-state index is 11.8. The third-order valence-electron chi connectivity index (χ3n) is 2.25. The minimum absolute atomic E-state index is 0.0979. The first-order valence-electron chi connectivity index (χ1n) is 5.41. The summed E-state index contributed by atoms with van der Waals surface area (Å²) in [5.41, 5.74) is 6.62. The van der Waals surface area contributed by atoms with Crippen molar-refractivity contribution in [3.05, 3.63) is 40.1 Å². The highest BCUT2D eigenvalue weighted by Gasteiger charge is 2.09. The van der Waals surface area contributed by atoms with Crippen LogP contribution in [0.2, 0.25) is 0 Å². The second kappa shape index (κ2) is 4.34. The Balaban J connectivity index is 2.60. The van der Waals surface area contributed by atoms with Crippen molar-refractivity contribution in [1.29, 1.82) is 0 Å². The summed E-state index contributed by atoms with van der Waals surface area (Å²) in [5.74, 6) is 6.98. The molecule has 86 valence electrons. The van der Waals surface area contributed by atoms with Crippen LogP contribution >= 0.6 is 0 Å².